The average Bonchev–Trinajstić information content (AvgIpc) is 2.84. The molecule has 0 aliphatic carbocycles. The number of ether oxygens (including phenoxy) is 1. The minimum Gasteiger partial charge on any atom is -0.495 e. The number of hydrogen-bond donors (Lipinski definition) is 1. The lowest BCUT2D eigenvalue weighted by atomic mass is 10.1. The molecular weight excluding hydrogens is 450 g/mol. The van der Waals surface area contributed by atoms with Gasteiger partial charge in [-0.3, -0.25) is 9.52 Å². The quantitative estimate of drug-likeness (QED) is 0.480. The fourth-order valence-electron chi connectivity index (χ4n) is 3.46. The van der Waals surface area contributed by atoms with Crippen molar-refractivity contribution >= 4 is 21.6 Å². The van der Waals surface area contributed by atoms with Crippen LogP contribution in [0.2, 0.25) is 0 Å². The number of nitrogens with zero attached hydrogens (tertiary/aromatic N) is 2. The number of amides is 1. The minimum atomic E-state index is -4.01. The van der Waals surface area contributed by atoms with Gasteiger partial charge in [-0.2, -0.15) is 5.26 Å². The summed E-state index contributed by atoms with van der Waals surface area (Å²) in [6, 6.07) is 20.5. The Bertz CT molecular complexity index is 1300. The summed E-state index contributed by atoms with van der Waals surface area (Å²) in [6.45, 7) is 4.72. The standard InChI is InChI=1S/C26H27N3O4S/c1-4-15-29(18-21-9-7-20(17-27)8-10-21)26(30)22-11-14-24(33-3)25(16-22)34(31,32)28-23-12-5-19(2)6-13-23/h5-14,16,28H,4,15,18H2,1-3H3. The third-order valence-electron chi connectivity index (χ3n) is 5.24. The van der Waals surface area contributed by atoms with Crippen molar-refractivity contribution in [2.75, 3.05) is 18.4 Å². The Morgan fingerprint density at radius 2 is 1.74 bits per heavy atom. The predicted octanol–water partition coefficient (Wildman–Crippen LogP) is 4.73. The van der Waals surface area contributed by atoms with E-state index in [2.05, 4.69) is 10.8 Å². The van der Waals surface area contributed by atoms with Crippen LogP contribution in [0.25, 0.3) is 0 Å². The zero-order chi connectivity index (χ0) is 24.7. The summed E-state index contributed by atoms with van der Waals surface area (Å²) in [6.07, 6.45) is 0.734. The molecule has 3 aromatic carbocycles. The first kappa shape index (κ1) is 24.8. The number of nitrogens with one attached hydrogen (secondary N) is 1. The van der Waals surface area contributed by atoms with Crippen LogP contribution in [0.4, 0.5) is 5.69 Å². The summed E-state index contributed by atoms with van der Waals surface area (Å²) in [5.41, 5.74) is 3.09. The zero-order valence-corrected chi connectivity index (χ0v) is 20.2. The van der Waals surface area contributed by atoms with Crippen LogP contribution in [-0.2, 0) is 16.6 Å². The molecule has 0 aliphatic heterocycles. The Balaban J connectivity index is 1.91. The average molecular weight is 478 g/mol. The summed E-state index contributed by atoms with van der Waals surface area (Å²) in [7, 11) is -2.62. The molecule has 0 bridgehead atoms. The van der Waals surface area contributed by atoms with Gasteiger partial charge in [0.1, 0.15) is 10.6 Å². The van der Waals surface area contributed by atoms with Crippen molar-refractivity contribution in [2.24, 2.45) is 0 Å². The number of carbonyl (C=O) groups excluding carboxylic acids is 1. The molecule has 0 saturated carbocycles. The molecule has 0 aromatic heterocycles. The monoisotopic (exact) mass is 477 g/mol. The summed E-state index contributed by atoms with van der Waals surface area (Å²) in [5, 5.41) is 8.99. The molecule has 0 heterocycles. The number of benzene rings is 3. The van der Waals surface area contributed by atoms with Crippen molar-refractivity contribution < 1.29 is 17.9 Å². The first-order valence-electron chi connectivity index (χ1n) is 10.8. The molecule has 0 radical (unpaired) electrons. The lowest BCUT2D eigenvalue weighted by Crippen LogP contribution is -2.31. The molecule has 0 spiro atoms. The number of carbonyl (C=O) groups is 1. The highest BCUT2D eigenvalue weighted by Gasteiger charge is 2.24. The molecule has 0 saturated heterocycles. The van der Waals surface area contributed by atoms with Crippen LogP contribution in [-0.4, -0.2) is 32.9 Å². The van der Waals surface area contributed by atoms with E-state index in [1.54, 1.807) is 47.4 Å². The van der Waals surface area contributed by atoms with E-state index in [1.165, 1.54) is 19.2 Å². The van der Waals surface area contributed by atoms with Crippen molar-refractivity contribution in [3.05, 3.63) is 89.0 Å². The van der Waals surface area contributed by atoms with Gasteiger partial charge >= 0.3 is 0 Å². The molecule has 0 aliphatic rings. The topological polar surface area (TPSA) is 99.5 Å². The van der Waals surface area contributed by atoms with E-state index >= 15 is 0 Å². The molecule has 3 rings (SSSR count). The smallest absolute Gasteiger partial charge is 0.265 e. The van der Waals surface area contributed by atoms with Gasteiger partial charge in [0.25, 0.3) is 15.9 Å². The molecule has 8 heteroatoms. The molecule has 3 aromatic rings. The summed E-state index contributed by atoms with van der Waals surface area (Å²) in [5.74, 6) is -0.147. The zero-order valence-electron chi connectivity index (χ0n) is 19.4. The van der Waals surface area contributed by atoms with Crippen molar-refractivity contribution in [1.82, 2.24) is 4.90 Å². The van der Waals surface area contributed by atoms with Crippen molar-refractivity contribution in [3.8, 4) is 11.8 Å². The third kappa shape index (κ3) is 5.94. The fraction of sp³-hybridized carbons (Fsp3) is 0.231. The van der Waals surface area contributed by atoms with Crippen LogP contribution in [0.5, 0.6) is 5.75 Å². The van der Waals surface area contributed by atoms with Crippen LogP contribution in [0.3, 0.4) is 0 Å². The second-order valence-corrected chi connectivity index (χ2v) is 9.52. The van der Waals surface area contributed by atoms with Gasteiger partial charge < -0.3 is 9.64 Å². The van der Waals surface area contributed by atoms with Gasteiger partial charge in [-0.15, -0.1) is 0 Å². The molecular formula is C26H27N3O4S. The van der Waals surface area contributed by atoms with Crippen molar-refractivity contribution in [2.45, 2.75) is 31.7 Å². The number of nitriles is 1. The number of sulfonamides is 1. The Hall–Kier alpha value is -3.83. The maximum absolute atomic E-state index is 13.4. The molecule has 34 heavy (non-hydrogen) atoms. The van der Waals surface area contributed by atoms with E-state index in [1.807, 2.05) is 26.0 Å². The first-order valence-corrected chi connectivity index (χ1v) is 12.3. The molecule has 0 fully saturated rings. The van der Waals surface area contributed by atoms with Crippen LogP contribution < -0.4 is 9.46 Å². The van der Waals surface area contributed by atoms with E-state index in [9.17, 15) is 13.2 Å². The van der Waals surface area contributed by atoms with E-state index in [0.29, 0.717) is 24.3 Å². The lowest BCUT2D eigenvalue weighted by Gasteiger charge is -2.23. The number of hydrogen-bond acceptors (Lipinski definition) is 5. The fourth-order valence-corrected chi connectivity index (χ4v) is 4.72. The molecule has 176 valence electrons. The number of rotatable bonds is 9. The summed E-state index contributed by atoms with van der Waals surface area (Å²) < 4.78 is 34.1. The molecule has 0 atom stereocenters. The van der Waals surface area contributed by atoms with Gasteiger partial charge in [0.05, 0.1) is 18.7 Å². The summed E-state index contributed by atoms with van der Waals surface area (Å²) in [4.78, 5) is 14.9. The Morgan fingerprint density at radius 3 is 2.32 bits per heavy atom. The van der Waals surface area contributed by atoms with Crippen molar-refractivity contribution in [3.63, 3.8) is 0 Å². The molecule has 1 amide bonds. The van der Waals surface area contributed by atoms with Crippen LogP contribution in [0, 0.1) is 18.3 Å². The molecule has 7 nitrogen and oxygen atoms in total. The van der Waals surface area contributed by atoms with Gasteiger partial charge in [0.15, 0.2) is 0 Å². The van der Waals surface area contributed by atoms with Gasteiger partial charge in [0, 0.05) is 24.3 Å². The first-order chi connectivity index (χ1) is 16.3. The van der Waals surface area contributed by atoms with Gasteiger partial charge in [0.2, 0.25) is 0 Å². The van der Waals surface area contributed by atoms with E-state index in [4.69, 9.17) is 10.00 Å². The van der Waals surface area contributed by atoms with Gasteiger partial charge in [-0.1, -0.05) is 36.8 Å². The lowest BCUT2D eigenvalue weighted by molar-refractivity contribution is 0.0743. The Kier molecular flexibility index (Phi) is 7.92. The maximum atomic E-state index is 13.4. The number of methoxy groups -OCH3 is 1. The third-order valence-corrected chi connectivity index (χ3v) is 6.64. The van der Waals surface area contributed by atoms with Gasteiger partial charge in [-0.05, 0) is 61.4 Å². The predicted molar refractivity (Wildman–Crippen MR) is 131 cm³/mol. The minimum absolute atomic E-state index is 0.115. The summed E-state index contributed by atoms with van der Waals surface area (Å²) >= 11 is 0. The van der Waals surface area contributed by atoms with Gasteiger partial charge in [-0.25, -0.2) is 8.42 Å². The van der Waals surface area contributed by atoms with Crippen LogP contribution in [0.1, 0.15) is 40.4 Å². The maximum Gasteiger partial charge on any atom is 0.265 e. The largest absolute Gasteiger partial charge is 0.495 e. The second-order valence-electron chi connectivity index (χ2n) is 7.87. The number of aryl methyl sites for hydroxylation is 1. The van der Waals surface area contributed by atoms with E-state index in [0.717, 1.165) is 17.5 Å². The Labute approximate surface area is 200 Å². The second kappa shape index (κ2) is 10.9. The molecule has 0 unspecified atom stereocenters. The highest BCUT2D eigenvalue weighted by Crippen LogP contribution is 2.28. The number of anilines is 1. The Morgan fingerprint density at radius 1 is 1.06 bits per heavy atom. The highest BCUT2D eigenvalue weighted by molar-refractivity contribution is 7.92. The van der Waals surface area contributed by atoms with E-state index in [-0.39, 0.29) is 22.1 Å². The van der Waals surface area contributed by atoms with E-state index < -0.39 is 10.0 Å². The molecule has 1 N–H and O–H groups in total. The SMILES string of the molecule is CCCN(Cc1ccc(C#N)cc1)C(=O)c1ccc(OC)c(S(=O)(=O)Nc2ccc(C)cc2)c1. The van der Waals surface area contributed by atoms with Crippen LogP contribution >= 0.6 is 0 Å². The normalized spacial score (nSPS) is 10.9. The van der Waals surface area contributed by atoms with Crippen LogP contribution in [0.15, 0.2) is 71.6 Å². The van der Waals surface area contributed by atoms with Crippen molar-refractivity contribution in [1.29, 1.82) is 5.26 Å². The highest BCUT2D eigenvalue weighted by atomic mass is 32.2.